The number of rotatable bonds is 6. The van der Waals surface area contributed by atoms with Gasteiger partial charge in [-0.25, -0.2) is 0 Å². The molecule has 1 heterocycles. The monoisotopic (exact) mass is 424 g/mol. The van der Waals surface area contributed by atoms with Gasteiger partial charge in [0.05, 0.1) is 19.0 Å². The zero-order valence-corrected chi connectivity index (χ0v) is 18.1. The van der Waals surface area contributed by atoms with Crippen molar-refractivity contribution < 1.29 is 14.3 Å². The first kappa shape index (κ1) is 20.5. The molecule has 30 heavy (non-hydrogen) atoms. The molecule has 1 aliphatic carbocycles. The first-order valence-corrected chi connectivity index (χ1v) is 10.5. The van der Waals surface area contributed by atoms with Gasteiger partial charge in [0.25, 0.3) is 5.91 Å². The van der Waals surface area contributed by atoms with E-state index in [1.54, 1.807) is 35.9 Å². The van der Waals surface area contributed by atoms with Gasteiger partial charge in [0.1, 0.15) is 5.75 Å². The molecule has 1 saturated carbocycles. The quantitative estimate of drug-likeness (QED) is 0.620. The molecule has 1 aromatic heterocycles. The predicted molar refractivity (Wildman–Crippen MR) is 118 cm³/mol. The predicted octanol–water partition coefficient (Wildman–Crippen LogP) is 4.76. The van der Waals surface area contributed by atoms with E-state index in [9.17, 15) is 9.59 Å². The van der Waals surface area contributed by atoms with Gasteiger partial charge in [0.15, 0.2) is 0 Å². The molecule has 0 spiro atoms. The number of amides is 1. The Labute approximate surface area is 181 Å². The van der Waals surface area contributed by atoms with Crippen molar-refractivity contribution in [1.29, 1.82) is 0 Å². The van der Waals surface area contributed by atoms with E-state index in [0.717, 1.165) is 22.2 Å². The summed E-state index contributed by atoms with van der Waals surface area (Å²) in [6, 6.07) is 12.6. The van der Waals surface area contributed by atoms with Crippen molar-refractivity contribution in [1.82, 2.24) is 9.88 Å². The van der Waals surface area contributed by atoms with Gasteiger partial charge in [-0.15, -0.1) is 0 Å². The second-order valence-electron chi connectivity index (χ2n) is 7.96. The third kappa shape index (κ3) is 3.94. The minimum absolute atomic E-state index is 0.0293. The van der Waals surface area contributed by atoms with E-state index in [-0.39, 0.29) is 24.3 Å². The van der Waals surface area contributed by atoms with Crippen molar-refractivity contribution in [3.05, 3.63) is 64.3 Å². The molecule has 1 aliphatic rings. The summed E-state index contributed by atoms with van der Waals surface area (Å²) in [4.78, 5) is 26.1. The summed E-state index contributed by atoms with van der Waals surface area (Å²) in [7, 11) is 1.60. The Morgan fingerprint density at radius 2 is 1.90 bits per heavy atom. The molecule has 4 rings (SSSR count). The topological polar surface area (TPSA) is 60.3 Å². The van der Waals surface area contributed by atoms with Crippen LogP contribution in [0.3, 0.4) is 0 Å². The van der Waals surface area contributed by atoms with E-state index in [2.05, 4.69) is 12.2 Å². The van der Waals surface area contributed by atoms with E-state index < -0.39 is 0 Å². The number of hydrogen-bond acceptors (Lipinski definition) is 3. The Hall–Kier alpha value is -2.79. The minimum Gasteiger partial charge on any atom is -0.497 e. The zero-order chi connectivity index (χ0) is 21.4. The Morgan fingerprint density at radius 3 is 2.53 bits per heavy atom. The van der Waals surface area contributed by atoms with Gasteiger partial charge in [-0.1, -0.05) is 11.6 Å². The molecule has 0 radical (unpaired) electrons. The summed E-state index contributed by atoms with van der Waals surface area (Å²) in [5.74, 6) is 1.09. The molecule has 1 atom stereocenters. The lowest BCUT2D eigenvalue weighted by Gasteiger charge is -2.13. The van der Waals surface area contributed by atoms with Crippen molar-refractivity contribution in [3.63, 3.8) is 0 Å². The number of hydrogen-bond donors (Lipinski definition) is 1. The zero-order valence-electron chi connectivity index (χ0n) is 17.4. The largest absolute Gasteiger partial charge is 0.497 e. The Balaban J connectivity index is 1.75. The molecule has 5 nitrogen and oxygen atoms in total. The Bertz CT molecular complexity index is 1110. The minimum atomic E-state index is -0.155. The summed E-state index contributed by atoms with van der Waals surface area (Å²) in [5, 5.41) is 4.53. The van der Waals surface area contributed by atoms with Gasteiger partial charge in [0.2, 0.25) is 5.91 Å². The molecule has 156 valence electrons. The highest BCUT2D eigenvalue weighted by molar-refractivity contribution is 6.30. The maximum absolute atomic E-state index is 13.3. The van der Waals surface area contributed by atoms with Gasteiger partial charge >= 0.3 is 0 Å². The first-order valence-electron chi connectivity index (χ1n) is 10.2. The molecule has 0 saturated heterocycles. The van der Waals surface area contributed by atoms with Crippen molar-refractivity contribution in [2.75, 3.05) is 7.11 Å². The highest BCUT2D eigenvalue weighted by atomic mass is 35.5. The number of ether oxygens (including phenoxy) is 1. The lowest BCUT2D eigenvalue weighted by Crippen LogP contribution is -2.35. The molecule has 1 fully saturated rings. The van der Waals surface area contributed by atoms with Crippen molar-refractivity contribution in [2.45, 2.75) is 39.2 Å². The average Bonchev–Trinajstić information content (AvgIpc) is 3.54. The summed E-state index contributed by atoms with van der Waals surface area (Å²) in [6.07, 6.45) is 2.56. The fourth-order valence-electron chi connectivity index (χ4n) is 3.98. The molecule has 3 aromatic rings. The van der Waals surface area contributed by atoms with Gasteiger partial charge in [-0.05, 0) is 80.6 Å². The van der Waals surface area contributed by atoms with Crippen LogP contribution in [0.5, 0.6) is 5.75 Å². The average molecular weight is 425 g/mol. The van der Waals surface area contributed by atoms with Crippen LogP contribution in [0.25, 0.3) is 10.9 Å². The van der Waals surface area contributed by atoms with E-state index in [4.69, 9.17) is 16.3 Å². The molecule has 2 aromatic carbocycles. The van der Waals surface area contributed by atoms with Crippen LogP contribution in [0.4, 0.5) is 0 Å². The molecular formula is C24H25ClN2O3. The second kappa shape index (κ2) is 8.15. The highest BCUT2D eigenvalue weighted by Crippen LogP contribution is 2.33. The maximum Gasteiger partial charge on any atom is 0.262 e. The fourth-order valence-corrected chi connectivity index (χ4v) is 4.10. The Kier molecular flexibility index (Phi) is 5.56. The summed E-state index contributed by atoms with van der Waals surface area (Å²) in [5.41, 5.74) is 2.89. The third-order valence-corrected chi connectivity index (χ3v) is 6.14. The van der Waals surface area contributed by atoms with Gasteiger partial charge in [-0.3, -0.25) is 14.2 Å². The molecule has 1 N–H and O–H groups in total. The van der Waals surface area contributed by atoms with Crippen LogP contribution in [0.1, 0.15) is 41.4 Å². The van der Waals surface area contributed by atoms with Crippen molar-refractivity contribution in [3.8, 4) is 5.75 Å². The number of halogens is 1. The normalized spacial score (nSPS) is 14.5. The smallest absolute Gasteiger partial charge is 0.262 e. The number of methoxy groups -OCH3 is 1. The van der Waals surface area contributed by atoms with Crippen molar-refractivity contribution in [2.24, 2.45) is 5.92 Å². The van der Waals surface area contributed by atoms with Crippen LogP contribution in [0, 0.1) is 12.8 Å². The number of nitrogens with one attached hydrogen (secondary N) is 1. The van der Waals surface area contributed by atoms with Crippen molar-refractivity contribution >= 4 is 34.3 Å². The van der Waals surface area contributed by atoms with Gasteiger partial charge in [0, 0.05) is 27.7 Å². The fraction of sp³-hybridized carbons (Fsp3) is 0.333. The van der Waals surface area contributed by atoms with Crippen LogP contribution in [0.15, 0.2) is 42.5 Å². The number of carbonyl (C=O) groups is 2. The standard InChI is InChI=1S/C24H25ClN2O3/c1-14(16-4-5-16)26-23(28)13-20-15(2)27(22-11-10-19(30-3)12-21(20)22)24(29)17-6-8-18(25)9-7-17/h6-12,14,16H,4-5,13H2,1-3H3,(H,26,28)/t14-/m1/s1. The molecule has 0 bridgehead atoms. The highest BCUT2D eigenvalue weighted by Gasteiger charge is 2.29. The molecule has 6 heteroatoms. The lowest BCUT2D eigenvalue weighted by molar-refractivity contribution is -0.121. The maximum atomic E-state index is 13.3. The van der Waals surface area contributed by atoms with Crippen LogP contribution in [0.2, 0.25) is 5.02 Å². The molecular weight excluding hydrogens is 400 g/mol. The number of nitrogens with zero attached hydrogens (tertiary/aromatic N) is 1. The van der Waals surface area contributed by atoms with Crippen LogP contribution < -0.4 is 10.1 Å². The van der Waals surface area contributed by atoms with E-state index in [1.165, 1.54) is 12.8 Å². The molecule has 0 unspecified atom stereocenters. The van der Waals surface area contributed by atoms with E-state index >= 15 is 0 Å². The third-order valence-electron chi connectivity index (χ3n) is 5.89. The Morgan fingerprint density at radius 1 is 1.20 bits per heavy atom. The van der Waals surface area contributed by atoms with Crippen LogP contribution in [-0.2, 0) is 11.2 Å². The SMILES string of the molecule is COc1ccc2c(c1)c(CC(=O)N[C@H](C)C1CC1)c(C)n2C(=O)c1ccc(Cl)cc1. The van der Waals surface area contributed by atoms with Gasteiger partial charge in [-0.2, -0.15) is 0 Å². The number of benzene rings is 2. The first-order chi connectivity index (χ1) is 14.4. The van der Waals surface area contributed by atoms with E-state index in [0.29, 0.717) is 22.3 Å². The van der Waals surface area contributed by atoms with Gasteiger partial charge < -0.3 is 10.1 Å². The van der Waals surface area contributed by atoms with Crippen LogP contribution >= 0.6 is 11.6 Å². The number of fused-ring (bicyclic) bond motifs is 1. The number of carbonyl (C=O) groups excluding carboxylic acids is 2. The summed E-state index contributed by atoms with van der Waals surface area (Å²) < 4.78 is 7.06. The summed E-state index contributed by atoms with van der Waals surface area (Å²) in [6.45, 7) is 3.94. The second-order valence-corrected chi connectivity index (χ2v) is 8.40. The lowest BCUT2D eigenvalue weighted by atomic mass is 10.1. The van der Waals surface area contributed by atoms with Crippen LogP contribution in [-0.4, -0.2) is 29.5 Å². The molecule has 0 aliphatic heterocycles. The number of aromatic nitrogens is 1. The summed E-state index contributed by atoms with van der Waals surface area (Å²) >= 11 is 5.98. The molecule has 1 amide bonds. The van der Waals surface area contributed by atoms with E-state index in [1.807, 2.05) is 25.1 Å².